The number of methoxy groups -OCH3 is 3. The first kappa shape index (κ1) is 26.6. The fourth-order valence-corrected chi connectivity index (χ4v) is 4.25. The summed E-state index contributed by atoms with van der Waals surface area (Å²) in [5, 5.41) is 13.3. The Hall–Kier alpha value is -2.69. The minimum atomic E-state index is -0.900. The number of phenols is 1. The number of nitrogens with one attached hydrogen (secondary N) is 1. The molecule has 1 heterocycles. The third-order valence-electron chi connectivity index (χ3n) is 6.27. The zero-order valence-corrected chi connectivity index (χ0v) is 20.2. The van der Waals surface area contributed by atoms with Crippen LogP contribution in [0.3, 0.4) is 0 Å². The summed E-state index contributed by atoms with van der Waals surface area (Å²) in [6.45, 7) is 6.84. The Morgan fingerprint density at radius 3 is 1.67 bits per heavy atom. The van der Waals surface area contributed by atoms with Crippen LogP contribution < -0.4 is 5.32 Å². The van der Waals surface area contributed by atoms with E-state index in [-0.39, 0.29) is 17.7 Å². The summed E-state index contributed by atoms with van der Waals surface area (Å²) in [7, 11) is 4.00. The van der Waals surface area contributed by atoms with E-state index in [9.17, 15) is 19.5 Å². The van der Waals surface area contributed by atoms with Crippen molar-refractivity contribution in [1.82, 2.24) is 15.1 Å². The van der Waals surface area contributed by atoms with Crippen molar-refractivity contribution in [2.24, 2.45) is 0 Å². The molecule has 2 N–H and O–H groups in total. The number of carbonyl (C=O) groups is 3. The second-order valence-corrected chi connectivity index (χ2v) is 8.36. The number of aromatic hydroxyl groups is 1. The van der Waals surface area contributed by atoms with Crippen LogP contribution in [0.5, 0.6) is 5.75 Å². The summed E-state index contributed by atoms with van der Waals surface area (Å²) in [4.78, 5) is 41.0. The quantitative estimate of drug-likeness (QED) is 0.415. The molecule has 1 fully saturated rings. The Balaban J connectivity index is 2.61. The van der Waals surface area contributed by atoms with E-state index in [0.29, 0.717) is 26.2 Å². The molecule has 1 aliphatic heterocycles. The molecule has 1 aromatic rings. The summed E-state index contributed by atoms with van der Waals surface area (Å²) >= 11 is 0. The highest BCUT2D eigenvalue weighted by atomic mass is 16.5. The molecule has 1 aliphatic rings. The largest absolute Gasteiger partial charge is 0.508 e. The normalized spacial score (nSPS) is 22.5. The minimum absolute atomic E-state index is 0.100. The van der Waals surface area contributed by atoms with Crippen molar-refractivity contribution in [2.75, 3.05) is 47.5 Å². The number of rotatable bonds is 8. The van der Waals surface area contributed by atoms with Crippen LogP contribution in [0.15, 0.2) is 24.3 Å². The lowest BCUT2D eigenvalue weighted by Crippen LogP contribution is -2.61. The Labute approximate surface area is 194 Å². The highest BCUT2D eigenvalue weighted by Gasteiger charge is 2.44. The number of benzene rings is 1. The molecule has 1 saturated heterocycles. The van der Waals surface area contributed by atoms with Crippen LogP contribution in [-0.2, 0) is 34.1 Å². The van der Waals surface area contributed by atoms with Gasteiger partial charge in [0.2, 0.25) is 0 Å². The third-order valence-corrected chi connectivity index (χ3v) is 6.27. The molecule has 33 heavy (non-hydrogen) atoms. The molecule has 0 radical (unpaired) electrons. The number of phenolic OH excluding ortho intramolecular Hbond substituents is 1. The monoisotopic (exact) mass is 465 g/mol. The van der Waals surface area contributed by atoms with Gasteiger partial charge in [-0.3, -0.25) is 29.5 Å². The molecule has 0 spiro atoms. The average Bonchev–Trinajstić information content (AvgIpc) is 3.02. The van der Waals surface area contributed by atoms with Gasteiger partial charge in [-0.25, -0.2) is 0 Å². The minimum Gasteiger partial charge on any atom is -0.508 e. The number of hydrogen-bond donors (Lipinski definition) is 2. The first-order valence-corrected chi connectivity index (χ1v) is 10.9. The maximum atomic E-state index is 12.4. The first-order chi connectivity index (χ1) is 15.6. The lowest BCUT2D eigenvalue weighted by atomic mass is 9.87. The summed E-state index contributed by atoms with van der Waals surface area (Å²) < 4.78 is 14.9. The second kappa shape index (κ2) is 11.4. The van der Waals surface area contributed by atoms with Crippen molar-refractivity contribution >= 4 is 17.9 Å². The van der Waals surface area contributed by atoms with Crippen LogP contribution >= 0.6 is 0 Å². The molecule has 184 valence electrons. The maximum Gasteiger partial charge on any atom is 0.322 e. The highest BCUT2D eigenvalue weighted by Crippen LogP contribution is 2.30. The first-order valence-electron chi connectivity index (χ1n) is 10.9. The van der Waals surface area contributed by atoms with Crippen LogP contribution in [0.1, 0.15) is 26.3 Å². The van der Waals surface area contributed by atoms with Crippen LogP contribution in [0.25, 0.3) is 0 Å². The van der Waals surface area contributed by atoms with Gasteiger partial charge in [-0.1, -0.05) is 12.1 Å². The Kier molecular flexibility index (Phi) is 9.21. The van der Waals surface area contributed by atoms with Gasteiger partial charge in [0.25, 0.3) is 0 Å². The second-order valence-electron chi connectivity index (χ2n) is 8.36. The topological polar surface area (TPSA) is 118 Å². The van der Waals surface area contributed by atoms with Gasteiger partial charge in [0.15, 0.2) is 0 Å². The predicted molar refractivity (Wildman–Crippen MR) is 121 cm³/mol. The van der Waals surface area contributed by atoms with Gasteiger partial charge >= 0.3 is 17.9 Å². The molecular formula is C23H35N3O7. The zero-order chi connectivity index (χ0) is 24.8. The molecule has 0 bridgehead atoms. The van der Waals surface area contributed by atoms with Crippen molar-refractivity contribution < 1.29 is 33.7 Å². The zero-order valence-electron chi connectivity index (χ0n) is 20.2. The van der Waals surface area contributed by atoms with E-state index >= 15 is 0 Å². The molecule has 1 unspecified atom stereocenters. The lowest BCUT2D eigenvalue weighted by molar-refractivity contribution is -0.147. The molecule has 0 amide bonds. The molecule has 10 heteroatoms. The Morgan fingerprint density at radius 2 is 1.27 bits per heavy atom. The number of carbonyl (C=O) groups excluding carboxylic acids is 3. The van der Waals surface area contributed by atoms with Gasteiger partial charge < -0.3 is 19.3 Å². The fraction of sp³-hybridized carbons (Fsp3) is 0.609. The van der Waals surface area contributed by atoms with E-state index in [2.05, 4.69) is 5.32 Å². The summed E-state index contributed by atoms with van der Waals surface area (Å²) in [6, 6.07) is 4.85. The standard InChI is InChI=1S/C23H35N3O7/c1-15(20(28)31-4)24-23(18-7-9-19(27)10-8-18)13-25(16(2)21(29)32-5)11-12-26(14-23)17(3)22(30)33-6/h7-10,15-17,24,27H,11-14H2,1-6H3/t15-,16-,17+,23?/m1/s1. The van der Waals surface area contributed by atoms with Crippen LogP contribution in [0.4, 0.5) is 0 Å². The van der Waals surface area contributed by atoms with E-state index < -0.39 is 29.6 Å². The van der Waals surface area contributed by atoms with E-state index in [1.54, 1.807) is 45.0 Å². The average molecular weight is 466 g/mol. The molecule has 10 nitrogen and oxygen atoms in total. The van der Waals surface area contributed by atoms with Crippen LogP contribution in [0, 0.1) is 0 Å². The van der Waals surface area contributed by atoms with Gasteiger partial charge in [-0.05, 0) is 38.5 Å². The van der Waals surface area contributed by atoms with Crippen molar-refractivity contribution in [3.63, 3.8) is 0 Å². The molecule has 4 atom stereocenters. The predicted octanol–water partition coefficient (Wildman–Crippen LogP) is 0.479. The summed E-state index contributed by atoms with van der Waals surface area (Å²) in [5.41, 5.74) is -0.121. The van der Waals surface area contributed by atoms with Gasteiger partial charge in [0.05, 0.1) is 26.9 Å². The molecule has 0 saturated carbocycles. The van der Waals surface area contributed by atoms with Gasteiger partial charge in [-0.15, -0.1) is 0 Å². The molecule has 0 aromatic heterocycles. The van der Waals surface area contributed by atoms with Crippen molar-refractivity contribution in [2.45, 2.75) is 44.4 Å². The van der Waals surface area contributed by atoms with Crippen molar-refractivity contribution in [1.29, 1.82) is 0 Å². The van der Waals surface area contributed by atoms with E-state index in [1.165, 1.54) is 21.3 Å². The number of ether oxygens (including phenoxy) is 3. The Morgan fingerprint density at radius 1 is 0.848 bits per heavy atom. The van der Waals surface area contributed by atoms with Crippen molar-refractivity contribution in [3.8, 4) is 5.75 Å². The van der Waals surface area contributed by atoms with E-state index in [1.807, 2.05) is 9.80 Å². The third kappa shape index (κ3) is 6.21. The number of esters is 3. The SMILES string of the molecule is COC(=O)[C@@H](C)N1CCN([C@@H](C)C(=O)OC)CC(N[C@H](C)C(=O)OC)(c2ccc(O)cc2)C1. The van der Waals surface area contributed by atoms with E-state index in [0.717, 1.165) is 5.56 Å². The number of hydrogen-bond acceptors (Lipinski definition) is 10. The van der Waals surface area contributed by atoms with E-state index in [4.69, 9.17) is 14.2 Å². The maximum absolute atomic E-state index is 12.4. The fourth-order valence-electron chi connectivity index (χ4n) is 4.25. The molecular weight excluding hydrogens is 430 g/mol. The number of nitrogens with zero attached hydrogens (tertiary/aromatic N) is 2. The lowest BCUT2D eigenvalue weighted by Gasteiger charge is -2.42. The van der Waals surface area contributed by atoms with Crippen LogP contribution in [0.2, 0.25) is 0 Å². The van der Waals surface area contributed by atoms with Gasteiger partial charge in [0, 0.05) is 26.2 Å². The van der Waals surface area contributed by atoms with Crippen molar-refractivity contribution in [3.05, 3.63) is 29.8 Å². The summed E-state index contributed by atoms with van der Waals surface area (Å²) in [5.74, 6) is -1.11. The Bertz CT molecular complexity index is 798. The van der Waals surface area contributed by atoms with Crippen LogP contribution in [-0.4, -0.2) is 98.4 Å². The highest BCUT2D eigenvalue weighted by molar-refractivity contribution is 5.76. The molecule has 1 aromatic carbocycles. The van der Waals surface area contributed by atoms with Gasteiger partial charge in [0.1, 0.15) is 23.9 Å². The molecule has 0 aliphatic carbocycles. The van der Waals surface area contributed by atoms with Gasteiger partial charge in [-0.2, -0.15) is 0 Å². The smallest absolute Gasteiger partial charge is 0.322 e. The molecule has 2 rings (SSSR count). The summed E-state index contributed by atoms with van der Waals surface area (Å²) in [6.07, 6.45) is 0.